The quantitative estimate of drug-likeness (QED) is 0.325. The molecule has 0 aromatic carbocycles. The Bertz CT molecular complexity index is 1660. The summed E-state index contributed by atoms with van der Waals surface area (Å²) in [6, 6.07) is -1.97. The van der Waals surface area contributed by atoms with Gasteiger partial charge in [0.1, 0.15) is 26.2 Å². The van der Waals surface area contributed by atoms with Gasteiger partial charge in [-0.1, -0.05) is 39.4 Å². The maximum Gasteiger partial charge on any atom is 0.471 e. The molecule has 0 radical (unpaired) electrons. The summed E-state index contributed by atoms with van der Waals surface area (Å²) in [5.74, 6) is -0.908. The molecule has 2 aromatic heterocycles. The van der Waals surface area contributed by atoms with Gasteiger partial charge in [0.25, 0.3) is 0 Å². The highest BCUT2D eigenvalue weighted by atomic mass is 28.3. The van der Waals surface area contributed by atoms with Crippen LogP contribution in [0.3, 0.4) is 0 Å². The molecule has 11 nitrogen and oxygen atoms in total. The molecule has 2 aliphatic rings. The number of ether oxygens (including phenoxy) is 2. The molecule has 2 N–H and O–H groups in total. The number of nitrogens with one attached hydrogen (secondary N) is 2. The summed E-state index contributed by atoms with van der Waals surface area (Å²) in [6.45, 7) is 11.5. The molecule has 2 aromatic rings. The van der Waals surface area contributed by atoms with Crippen LogP contribution in [0.4, 0.5) is 13.2 Å². The molecule has 2 fully saturated rings. The molecule has 4 rings (SSSR count). The second-order valence-electron chi connectivity index (χ2n) is 13.2. The number of alkyl halides is 3. The lowest BCUT2D eigenvalue weighted by molar-refractivity contribution is -0.176. The topological polar surface area (TPSA) is 147 Å². The van der Waals surface area contributed by atoms with E-state index in [4.69, 9.17) is 9.47 Å². The molecule has 0 spiro atoms. The highest BCUT2D eigenvalue weighted by Crippen LogP contribution is 2.65. The van der Waals surface area contributed by atoms with Crippen LogP contribution in [0.15, 0.2) is 18.6 Å². The minimum absolute atomic E-state index is 0.0791. The number of methoxy groups -OCH3 is 2. The van der Waals surface area contributed by atoms with Gasteiger partial charge < -0.3 is 25.0 Å². The second-order valence-corrected chi connectivity index (χ2v) is 17.9. The number of aromatic nitrogens is 2. The van der Waals surface area contributed by atoms with E-state index in [1.165, 1.54) is 38.4 Å². The largest absolute Gasteiger partial charge is 0.480 e. The summed E-state index contributed by atoms with van der Waals surface area (Å²) in [5, 5.41) is 15.9. The van der Waals surface area contributed by atoms with Crippen molar-refractivity contribution >= 4 is 36.6 Å². The minimum Gasteiger partial charge on any atom is -0.480 e. The number of nitriles is 1. The van der Waals surface area contributed by atoms with Gasteiger partial charge in [0.05, 0.1) is 24.8 Å². The van der Waals surface area contributed by atoms with E-state index in [1.807, 2.05) is 13.8 Å². The average molecular weight is 659 g/mol. The predicted octanol–water partition coefficient (Wildman–Crippen LogP) is 3.11. The minimum atomic E-state index is -5.24. The van der Waals surface area contributed by atoms with E-state index in [2.05, 4.69) is 52.5 Å². The summed E-state index contributed by atoms with van der Waals surface area (Å²) in [6.07, 6.45) is -1.84. The highest BCUT2D eigenvalue weighted by Gasteiger charge is 2.69. The van der Waals surface area contributed by atoms with Crippen LogP contribution in [0.25, 0.3) is 10.8 Å². The normalized spacial score (nSPS) is 22.0. The summed E-state index contributed by atoms with van der Waals surface area (Å²) in [7, 11) is 0.781. The first kappa shape index (κ1) is 34.7. The zero-order valence-corrected chi connectivity index (χ0v) is 27.9. The fourth-order valence-electron chi connectivity index (χ4n) is 6.06. The van der Waals surface area contributed by atoms with Crippen molar-refractivity contribution in [2.24, 2.45) is 17.3 Å². The molecule has 1 saturated heterocycles. The molecule has 3 heterocycles. The number of fused-ring (bicyclic) bond motifs is 2. The SMILES string of the molecule is COc1ncc2cncc(C(C#N)NC(=O)[C@@H]3[C@@H]4[C@H](CN3C(=O)[C@@H](NC(=O)C(F)(F)F)[C@@H](C)OC)C4(C)C)c2c1C#C[Si](C)(C)C. The zero-order chi connectivity index (χ0) is 34.4. The van der Waals surface area contributed by atoms with Crippen molar-refractivity contribution in [3.05, 3.63) is 29.7 Å². The second kappa shape index (κ2) is 12.5. The standard InChI is InChI=1S/C31H37F3N6O5Si/c1-16(44-4)24(39-29(43)31(32,33)34)28(42)40-15-20-23(30(20,2)3)25(40)26(41)38-21(11-35)19-14-36-12-17-13-37-27(45-5)18(22(17)19)9-10-46(6,7)8/h12-14,16,20-21,23-25H,15H2,1-8H3,(H,38,41)(H,39,43)/t16-,20+,21?,23+,24+,25+/m1/s1. The van der Waals surface area contributed by atoms with Gasteiger partial charge in [-0.2, -0.15) is 18.4 Å². The first-order valence-corrected chi connectivity index (χ1v) is 18.1. The van der Waals surface area contributed by atoms with Crippen molar-refractivity contribution in [2.75, 3.05) is 20.8 Å². The van der Waals surface area contributed by atoms with Crippen LogP contribution in [0, 0.1) is 40.0 Å². The van der Waals surface area contributed by atoms with Crippen LogP contribution in [0.5, 0.6) is 5.88 Å². The van der Waals surface area contributed by atoms with Gasteiger partial charge in [-0.25, -0.2) is 4.98 Å². The molecule has 6 atom stereocenters. The fourth-order valence-corrected chi connectivity index (χ4v) is 6.56. The number of amides is 3. The average Bonchev–Trinajstić information content (AvgIpc) is 3.29. The predicted molar refractivity (Wildman–Crippen MR) is 164 cm³/mol. The molecule has 1 aliphatic carbocycles. The molecule has 1 aliphatic heterocycles. The Hall–Kier alpha value is -4.21. The maximum atomic E-state index is 14.0. The number of halogens is 3. The van der Waals surface area contributed by atoms with Crippen molar-refractivity contribution in [1.82, 2.24) is 25.5 Å². The van der Waals surface area contributed by atoms with E-state index < -0.39 is 56.2 Å². The molecule has 0 bridgehead atoms. The lowest BCUT2D eigenvalue weighted by atomic mass is 9.97. The third kappa shape index (κ3) is 6.66. The first-order chi connectivity index (χ1) is 21.4. The molecule has 246 valence electrons. The van der Waals surface area contributed by atoms with Gasteiger partial charge >= 0.3 is 12.1 Å². The molecule has 1 unspecified atom stereocenters. The molecular formula is C31H37F3N6O5Si. The van der Waals surface area contributed by atoms with Crippen LogP contribution in [0.2, 0.25) is 19.6 Å². The molecule has 46 heavy (non-hydrogen) atoms. The lowest BCUT2D eigenvalue weighted by Gasteiger charge is -2.35. The molecule has 1 saturated carbocycles. The number of likely N-dealkylation sites (tertiary alicyclic amines) is 1. The summed E-state index contributed by atoms with van der Waals surface area (Å²) < 4.78 is 50.0. The summed E-state index contributed by atoms with van der Waals surface area (Å²) in [4.78, 5) is 49.4. The Morgan fingerprint density at radius 3 is 2.39 bits per heavy atom. The lowest BCUT2D eigenvalue weighted by Crippen LogP contribution is -2.60. The third-order valence-corrected chi connectivity index (χ3v) is 9.56. The van der Waals surface area contributed by atoms with Crippen LogP contribution >= 0.6 is 0 Å². The van der Waals surface area contributed by atoms with Crippen LogP contribution < -0.4 is 15.4 Å². The van der Waals surface area contributed by atoms with E-state index >= 15 is 0 Å². The number of carbonyl (C=O) groups excluding carboxylic acids is 3. The van der Waals surface area contributed by atoms with Crippen LogP contribution in [-0.4, -0.2) is 85.8 Å². The molecule has 15 heteroatoms. The number of hydrogen-bond acceptors (Lipinski definition) is 8. The first-order valence-electron chi connectivity index (χ1n) is 14.6. The van der Waals surface area contributed by atoms with Gasteiger partial charge in [0.2, 0.25) is 17.7 Å². The van der Waals surface area contributed by atoms with Crippen molar-refractivity contribution < 1.29 is 37.0 Å². The number of piperidine rings is 1. The van der Waals surface area contributed by atoms with E-state index in [0.717, 1.165) is 0 Å². The van der Waals surface area contributed by atoms with Gasteiger partial charge in [-0.05, 0) is 24.2 Å². The number of rotatable bonds is 8. The van der Waals surface area contributed by atoms with Crippen molar-refractivity contribution in [3.63, 3.8) is 0 Å². The van der Waals surface area contributed by atoms with Gasteiger partial charge in [-0.15, -0.1) is 5.54 Å². The van der Waals surface area contributed by atoms with Crippen LogP contribution in [0.1, 0.15) is 37.9 Å². The van der Waals surface area contributed by atoms with Gasteiger partial charge in [0, 0.05) is 48.6 Å². The Morgan fingerprint density at radius 2 is 1.83 bits per heavy atom. The Labute approximate surface area is 266 Å². The smallest absolute Gasteiger partial charge is 0.471 e. The van der Waals surface area contributed by atoms with E-state index in [0.29, 0.717) is 21.9 Å². The van der Waals surface area contributed by atoms with Crippen molar-refractivity contribution in [1.29, 1.82) is 5.26 Å². The Balaban J connectivity index is 1.72. The summed E-state index contributed by atoms with van der Waals surface area (Å²) >= 11 is 0. The maximum absolute atomic E-state index is 14.0. The van der Waals surface area contributed by atoms with Crippen molar-refractivity contribution in [3.8, 4) is 23.4 Å². The Kier molecular flexibility index (Phi) is 9.44. The fraction of sp³-hybridized carbons (Fsp3) is 0.548. The Morgan fingerprint density at radius 1 is 1.15 bits per heavy atom. The number of nitrogens with zero attached hydrogens (tertiary/aromatic N) is 4. The number of hydrogen-bond donors (Lipinski definition) is 2. The van der Waals surface area contributed by atoms with Gasteiger partial charge in [0.15, 0.2) is 0 Å². The highest BCUT2D eigenvalue weighted by molar-refractivity contribution is 6.83. The zero-order valence-electron chi connectivity index (χ0n) is 26.9. The van der Waals surface area contributed by atoms with E-state index in [9.17, 15) is 32.8 Å². The van der Waals surface area contributed by atoms with Crippen molar-refractivity contribution in [2.45, 2.75) is 70.8 Å². The van der Waals surface area contributed by atoms with Crippen LogP contribution in [-0.2, 0) is 19.1 Å². The molecule has 3 amide bonds. The van der Waals surface area contributed by atoms with E-state index in [1.54, 1.807) is 11.5 Å². The summed E-state index contributed by atoms with van der Waals surface area (Å²) in [5.41, 5.74) is 3.71. The van der Waals surface area contributed by atoms with E-state index in [-0.39, 0.29) is 29.7 Å². The number of pyridine rings is 2. The third-order valence-electron chi connectivity index (χ3n) is 8.68. The molecular weight excluding hydrogens is 621 g/mol. The van der Waals surface area contributed by atoms with Gasteiger partial charge in [-0.3, -0.25) is 19.4 Å². The monoisotopic (exact) mass is 658 g/mol. The number of carbonyl (C=O) groups is 3.